The zero-order valence-electron chi connectivity index (χ0n) is 7.96. The summed E-state index contributed by atoms with van der Waals surface area (Å²) in [5.41, 5.74) is 5.87. The molecule has 2 nitrogen and oxygen atoms in total. The fourth-order valence-corrected chi connectivity index (χ4v) is 2.14. The van der Waals surface area contributed by atoms with Gasteiger partial charge in [0, 0.05) is 16.3 Å². The summed E-state index contributed by atoms with van der Waals surface area (Å²) < 4.78 is 36.0. The molecule has 1 aromatic rings. The number of nitrogens with two attached hydrogens (primary N) is 1. The summed E-state index contributed by atoms with van der Waals surface area (Å²) in [5.74, 6) is -0.493. The van der Waals surface area contributed by atoms with E-state index in [1.807, 2.05) is 0 Å². The second-order valence-electron chi connectivity index (χ2n) is 3.06. The molecule has 1 unspecified atom stereocenters. The van der Waals surface area contributed by atoms with Gasteiger partial charge < -0.3 is 10.8 Å². The summed E-state index contributed by atoms with van der Waals surface area (Å²) in [4.78, 5) is 0.458. The Morgan fingerprint density at radius 1 is 1.44 bits per heavy atom. The number of aliphatic hydroxyl groups excluding tert-OH is 1. The Kier molecular flexibility index (Phi) is 4.35. The Morgan fingerprint density at radius 3 is 2.56 bits per heavy atom. The van der Waals surface area contributed by atoms with Crippen molar-refractivity contribution in [3.63, 3.8) is 0 Å². The highest BCUT2D eigenvalue weighted by Crippen LogP contribution is 2.31. The van der Waals surface area contributed by atoms with E-state index in [1.54, 1.807) is 0 Å². The number of anilines is 1. The molecule has 1 atom stereocenters. The van der Waals surface area contributed by atoms with E-state index in [1.165, 1.54) is 18.2 Å². The molecule has 1 rings (SSSR count). The van der Waals surface area contributed by atoms with Crippen LogP contribution in [0, 0.1) is 0 Å². The standard InChI is InChI=1S/C9H9ClF3NOS/c10-6-3-5(14)1-2-7(6)16-4-8(15)9(11,12)13/h1-3,8,15H,4,14H2. The monoisotopic (exact) mass is 271 g/mol. The van der Waals surface area contributed by atoms with Crippen LogP contribution in [-0.4, -0.2) is 23.1 Å². The van der Waals surface area contributed by atoms with Crippen LogP contribution < -0.4 is 5.73 Å². The topological polar surface area (TPSA) is 46.2 Å². The van der Waals surface area contributed by atoms with E-state index >= 15 is 0 Å². The van der Waals surface area contributed by atoms with Gasteiger partial charge in [-0.25, -0.2) is 0 Å². The molecule has 3 N–H and O–H groups in total. The Morgan fingerprint density at radius 2 is 2.06 bits per heavy atom. The third kappa shape index (κ3) is 3.77. The number of halogens is 4. The van der Waals surface area contributed by atoms with Crippen LogP contribution >= 0.6 is 23.4 Å². The molecule has 0 bridgehead atoms. The van der Waals surface area contributed by atoms with Crippen LogP contribution in [0.5, 0.6) is 0 Å². The predicted octanol–water partition coefficient (Wildman–Crippen LogP) is 2.94. The normalized spacial score (nSPS) is 13.8. The summed E-state index contributed by atoms with van der Waals surface area (Å²) >= 11 is 6.60. The van der Waals surface area contributed by atoms with Gasteiger partial charge in [0.25, 0.3) is 0 Å². The number of nitrogen functional groups attached to an aromatic ring is 1. The smallest absolute Gasteiger partial charge is 0.399 e. The van der Waals surface area contributed by atoms with Crippen LogP contribution in [0.3, 0.4) is 0 Å². The molecule has 0 fully saturated rings. The molecule has 90 valence electrons. The minimum atomic E-state index is -4.60. The van der Waals surface area contributed by atoms with Crippen LogP contribution in [0.1, 0.15) is 0 Å². The predicted molar refractivity (Wildman–Crippen MR) is 58.7 cm³/mol. The molecule has 16 heavy (non-hydrogen) atoms. The molecule has 0 spiro atoms. The third-order valence-corrected chi connectivity index (χ3v) is 3.30. The first-order valence-electron chi connectivity index (χ1n) is 4.23. The number of benzene rings is 1. The quantitative estimate of drug-likeness (QED) is 0.656. The average molecular weight is 272 g/mol. The van der Waals surface area contributed by atoms with Gasteiger partial charge in [-0.15, -0.1) is 11.8 Å². The number of alkyl halides is 3. The van der Waals surface area contributed by atoms with Gasteiger partial charge in [0.1, 0.15) is 0 Å². The number of hydrogen-bond donors (Lipinski definition) is 2. The van der Waals surface area contributed by atoms with Crippen molar-refractivity contribution in [2.45, 2.75) is 17.2 Å². The average Bonchev–Trinajstić information content (AvgIpc) is 2.14. The summed E-state index contributed by atoms with van der Waals surface area (Å²) in [6.07, 6.45) is -6.96. The van der Waals surface area contributed by atoms with Crippen LogP contribution in [0.4, 0.5) is 18.9 Å². The van der Waals surface area contributed by atoms with Crippen LogP contribution in [0.2, 0.25) is 5.02 Å². The molecule has 0 amide bonds. The lowest BCUT2D eigenvalue weighted by Crippen LogP contribution is -2.30. The van der Waals surface area contributed by atoms with E-state index in [4.69, 9.17) is 22.4 Å². The lowest BCUT2D eigenvalue weighted by Gasteiger charge is -2.14. The fraction of sp³-hybridized carbons (Fsp3) is 0.333. The first-order valence-corrected chi connectivity index (χ1v) is 5.59. The van der Waals surface area contributed by atoms with Gasteiger partial charge in [0.15, 0.2) is 6.10 Å². The molecule has 0 saturated carbocycles. The Balaban J connectivity index is 2.62. The highest BCUT2D eigenvalue weighted by molar-refractivity contribution is 7.99. The maximum Gasteiger partial charge on any atom is 0.415 e. The zero-order chi connectivity index (χ0) is 12.3. The van der Waals surface area contributed by atoms with Gasteiger partial charge in [0.05, 0.1) is 5.02 Å². The highest BCUT2D eigenvalue weighted by Gasteiger charge is 2.37. The first-order chi connectivity index (χ1) is 7.30. The highest BCUT2D eigenvalue weighted by atomic mass is 35.5. The SMILES string of the molecule is Nc1ccc(SCC(O)C(F)(F)F)c(Cl)c1. The minimum absolute atomic E-state index is 0.277. The second kappa shape index (κ2) is 5.16. The number of aliphatic hydroxyl groups is 1. The van der Waals surface area contributed by atoms with E-state index < -0.39 is 18.0 Å². The van der Waals surface area contributed by atoms with Gasteiger partial charge >= 0.3 is 6.18 Å². The van der Waals surface area contributed by atoms with Gasteiger partial charge in [0.2, 0.25) is 0 Å². The van der Waals surface area contributed by atoms with Crippen molar-refractivity contribution in [1.29, 1.82) is 0 Å². The van der Waals surface area contributed by atoms with Crippen molar-refractivity contribution in [3.8, 4) is 0 Å². The van der Waals surface area contributed by atoms with E-state index in [9.17, 15) is 13.2 Å². The molecular weight excluding hydrogens is 263 g/mol. The summed E-state index contributed by atoms with van der Waals surface area (Å²) in [5, 5.41) is 9.06. The Bertz CT molecular complexity index is 372. The molecular formula is C9H9ClF3NOS. The molecule has 0 aliphatic heterocycles. The van der Waals surface area contributed by atoms with Crippen molar-refractivity contribution in [3.05, 3.63) is 23.2 Å². The molecule has 0 aliphatic carbocycles. The number of rotatable bonds is 3. The molecule has 0 heterocycles. The van der Waals surface area contributed by atoms with Gasteiger partial charge in [-0.05, 0) is 18.2 Å². The number of hydrogen-bond acceptors (Lipinski definition) is 3. The molecule has 1 aromatic carbocycles. The lowest BCUT2D eigenvalue weighted by atomic mass is 10.3. The first kappa shape index (κ1) is 13.5. The lowest BCUT2D eigenvalue weighted by molar-refractivity contribution is -0.195. The summed E-state index contributed by atoms with van der Waals surface area (Å²) in [7, 11) is 0. The molecule has 0 aliphatic rings. The van der Waals surface area contributed by atoms with Crippen molar-refractivity contribution >= 4 is 29.1 Å². The largest absolute Gasteiger partial charge is 0.415 e. The minimum Gasteiger partial charge on any atom is -0.399 e. The van der Waals surface area contributed by atoms with Crippen LogP contribution in [-0.2, 0) is 0 Å². The fourth-order valence-electron chi connectivity index (χ4n) is 0.897. The van der Waals surface area contributed by atoms with E-state index in [2.05, 4.69) is 0 Å². The second-order valence-corrected chi connectivity index (χ2v) is 4.53. The van der Waals surface area contributed by atoms with Crippen molar-refractivity contribution in [1.82, 2.24) is 0 Å². The molecule has 0 aromatic heterocycles. The maximum absolute atomic E-state index is 12.0. The molecule has 0 radical (unpaired) electrons. The van der Waals surface area contributed by atoms with Crippen molar-refractivity contribution in [2.75, 3.05) is 11.5 Å². The van der Waals surface area contributed by atoms with Crippen molar-refractivity contribution < 1.29 is 18.3 Å². The Labute approximate surface area is 99.6 Å². The maximum atomic E-state index is 12.0. The Hall–Kier alpha value is -0.590. The van der Waals surface area contributed by atoms with E-state index in [0.717, 1.165) is 11.8 Å². The molecule has 0 saturated heterocycles. The summed E-state index contributed by atoms with van der Waals surface area (Å²) in [6, 6.07) is 4.50. The third-order valence-electron chi connectivity index (χ3n) is 1.73. The number of thioether (sulfide) groups is 1. The van der Waals surface area contributed by atoms with Crippen LogP contribution in [0.15, 0.2) is 23.1 Å². The van der Waals surface area contributed by atoms with E-state index in [0.29, 0.717) is 10.6 Å². The zero-order valence-corrected chi connectivity index (χ0v) is 9.53. The van der Waals surface area contributed by atoms with Gasteiger partial charge in [-0.3, -0.25) is 0 Å². The van der Waals surface area contributed by atoms with Crippen molar-refractivity contribution in [2.24, 2.45) is 0 Å². The summed E-state index contributed by atoms with van der Waals surface area (Å²) in [6.45, 7) is 0. The van der Waals surface area contributed by atoms with E-state index in [-0.39, 0.29) is 5.02 Å². The van der Waals surface area contributed by atoms with Gasteiger partial charge in [-0.1, -0.05) is 11.6 Å². The van der Waals surface area contributed by atoms with Gasteiger partial charge in [-0.2, -0.15) is 13.2 Å². The molecule has 7 heteroatoms. The van der Waals surface area contributed by atoms with Crippen LogP contribution in [0.25, 0.3) is 0 Å².